The molecule has 3 heterocycles. The zero-order valence-electron chi connectivity index (χ0n) is 15.9. The van der Waals surface area contributed by atoms with E-state index in [0.29, 0.717) is 44.9 Å². The Bertz CT molecular complexity index is 784. The molecular formula is C19H25N5O4. The number of ether oxygens (including phenoxy) is 1. The van der Waals surface area contributed by atoms with E-state index < -0.39 is 11.6 Å². The van der Waals surface area contributed by atoms with Gasteiger partial charge in [-0.15, -0.1) is 0 Å². The second-order valence-corrected chi connectivity index (χ2v) is 7.62. The summed E-state index contributed by atoms with van der Waals surface area (Å²) in [5.41, 5.74) is 1.29. The first-order valence-electron chi connectivity index (χ1n) is 9.51. The topological polar surface area (TPSA) is 94.2 Å². The molecule has 3 aliphatic heterocycles. The number of carbonyl (C=O) groups is 3. The molecule has 3 aliphatic rings. The zero-order chi connectivity index (χ0) is 19.7. The quantitative estimate of drug-likeness (QED) is 0.766. The van der Waals surface area contributed by atoms with Crippen LogP contribution in [-0.4, -0.2) is 91.2 Å². The largest absolute Gasteiger partial charge is 0.447 e. The molecule has 0 aliphatic carbocycles. The Kier molecular flexibility index (Phi) is 4.84. The first-order chi connectivity index (χ1) is 13.5. The Morgan fingerprint density at radius 2 is 1.86 bits per heavy atom. The van der Waals surface area contributed by atoms with E-state index in [0.717, 1.165) is 18.7 Å². The van der Waals surface area contributed by atoms with Gasteiger partial charge < -0.3 is 25.2 Å². The lowest BCUT2D eigenvalue weighted by Crippen LogP contribution is -2.71. The van der Waals surface area contributed by atoms with Crippen molar-refractivity contribution in [3.05, 3.63) is 35.4 Å². The molecule has 0 saturated carbocycles. The van der Waals surface area contributed by atoms with Gasteiger partial charge in [0.2, 0.25) is 0 Å². The number of piperazine rings is 1. The van der Waals surface area contributed by atoms with Gasteiger partial charge in [0, 0.05) is 45.3 Å². The van der Waals surface area contributed by atoms with Gasteiger partial charge in [0.25, 0.3) is 5.91 Å². The van der Waals surface area contributed by atoms with Crippen molar-refractivity contribution in [1.82, 2.24) is 25.3 Å². The molecule has 3 fully saturated rings. The Morgan fingerprint density at radius 1 is 1.14 bits per heavy atom. The maximum absolute atomic E-state index is 12.7. The number of nitrogens with zero attached hydrogens (tertiary/aromatic N) is 3. The standard InChI is InChI=1S/C19H25N5O4/c1-20-16(25)15-5-3-2-4-14(15)10-22-6-8-23(9-7-22)18(27)24-11-19(12-24)13-28-17(26)21-19/h2-5H,6-13H2,1H3,(H,20,25)(H,21,26). The number of nitrogens with one attached hydrogen (secondary N) is 2. The van der Waals surface area contributed by atoms with Gasteiger partial charge in [0.05, 0.1) is 13.1 Å². The van der Waals surface area contributed by atoms with Crippen LogP contribution in [-0.2, 0) is 11.3 Å². The predicted molar refractivity (Wildman–Crippen MR) is 101 cm³/mol. The van der Waals surface area contributed by atoms with Crippen LogP contribution in [0.2, 0.25) is 0 Å². The number of alkyl carbamates (subject to hydrolysis) is 1. The van der Waals surface area contributed by atoms with E-state index in [1.54, 1.807) is 11.9 Å². The summed E-state index contributed by atoms with van der Waals surface area (Å²) >= 11 is 0. The van der Waals surface area contributed by atoms with E-state index in [4.69, 9.17) is 4.74 Å². The van der Waals surface area contributed by atoms with Gasteiger partial charge >= 0.3 is 12.1 Å². The monoisotopic (exact) mass is 387 g/mol. The summed E-state index contributed by atoms with van der Waals surface area (Å²) in [6.45, 7) is 4.81. The molecule has 4 amide bonds. The maximum Gasteiger partial charge on any atom is 0.407 e. The van der Waals surface area contributed by atoms with E-state index in [9.17, 15) is 14.4 Å². The van der Waals surface area contributed by atoms with Gasteiger partial charge in [0.15, 0.2) is 0 Å². The van der Waals surface area contributed by atoms with E-state index in [1.165, 1.54) is 0 Å². The van der Waals surface area contributed by atoms with Crippen LogP contribution in [0.1, 0.15) is 15.9 Å². The molecule has 9 heteroatoms. The van der Waals surface area contributed by atoms with Gasteiger partial charge in [-0.25, -0.2) is 9.59 Å². The van der Waals surface area contributed by atoms with E-state index in [-0.39, 0.29) is 11.9 Å². The van der Waals surface area contributed by atoms with Gasteiger partial charge in [0.1, 0.15) is 12.1 Å². The second kappa shape index (κ2) is 7.31. The SMILES string of the molecule is CNC(=O)c1ccccc1CN1CCN(C(=O)N2CC3(COC(=O)N3)C2)CC1. The summed E-state index contributed by atoms with van der Waals surface area (Å²) in [7, 11) is 1.63. The highest BCUT2D eigenvalue weighted by molar-refractivity contribution is 5.95. The lowest BCUT2D eigenvalue weighted by atomic mass is 9.92. The van der Waals surface area contributed by atoms with Crippen molar-refractivity contribution in [2.45, 2.75) is 12.1 Å². The van der Waals surface area contributed by atoms with Crippen molar-refractivity contribution in [3.8, 4) is 0 Å². The Labute approximate surface area is 163 Å². The fraction of sp³-hybridized carbons (Fsp3) is 0.526. The Morgan fingerprint density at radius 3 is 2.50 bits per heavy atom. The van der Waals surface area contributed by atoms with E-state index in [2.05, 4.69) is 15.5 Å². The van der Waals surface area contributed by atoms with Crippen molar-refractivity contribution in [3.63, 3.8) is 0 Å². The van der Waals surface area contributed by atoms with Crippen molar-refractivity contribution < 1.29 is 19.1 Å². The number of urea groups is 1. The lowest BCUT2D eigenvalue weighted by molar-refractivity contribution is 0.0425. The van der Waals surface area contributed by atoms with Crippen molar-refractivity contribution >= 4 is 18.0 Å². The molecule has 1 spiro atoms. The summed E-state index contributed by atoms with van der Waals surface area (Å²) in [6, 6.07) is 7.62. The summed E-state index contributed by atoms with van der Waals surface area (Å²) in [4.78, 5) is 41.8. The van der Waals surface area contributed by atoms with Crippen LogP contribution in [0, 0.1) is 0 Å². The lowest BCUT2D eigenvalue weighted by Gasteiger charge is -2.48. The van der Waals surface area contributed by atoms with Crippen molar-refractivity contribution in [1.29, 1.82) is 0 Å². The zero-order valence-corrected chi connectivity index (χ0v) is 15.9. The molecule has 0 unspecified atom stereocenters. The molecule has 1 aromatic rings. The number of cyclic esters (lactones) is 1. The minimum Gasteiger partial charge on any atom is -0.447 e. The minimum absolute atomic E-state index is 0.0113. The van der Waals surface area contributed by atoms with Crippen molar-refractivity contribution in [2.24, 2.45) is 0 Å². The van der Waals surface area contributed by atoms with Crippen LogP contribution in [0.15, 0.2) is 24.3 Å². The molecule has 28 heavy (non-hydrogen) atoms. The number of amides is 4. The fourth-order valence-corrected chi connectivity index (χ4v) is 4.03. The number of rotatable bonds is 3. The van der Waals surface area contributed by atoms with E-state index >= 15 is 0 Å². The third kappa shape index (κ3) is 3.49. The Balaban J connectivity index is 1.28. The number of benzene rings is 1. The number of hydrogen-bond donors (Lipinski definition) is 2. The number of hydrogen-bond acceptors (Lipinski definition) is 5. The van der Waals surface area contributed by atoms with Crippen LogP contribution in [0.3, 0.4) is 0 Å². The molecular weight excluding hydrogens is 362 g/mol. The van der Waals surface area contributed by atoms with Crippen LogP contribution in [0.5, 0.6) is 0 Å². The molecule has 150 valence electrons. The highest BCUT2D eigenvalue weighted by Gasteiger charge is 2.52. The average molecular weight is 387 g/mol. The molecule has 9 nitrogen and oxygen atoms in total. The normalized spacial score (nSPS) is 21.1. The van der Waals surface area contributed by atoms with Crippen LogP contribution in [0.25, 0.3) is 0 Å². The predicted octanol–water partition coefficient (Wildman–Crippen LogP) is 0.0780. The summed E-state index contributed by atoms with van der Waals surface area (Å²) < 4.78 is 4.95. The van der Waals surface area contributed by atoms with Gasteiger partial charge in [-0.1, -0.05) is 18.2 Å². The molecule has 2 N–H and O–H groups in total. The highest BCUT2D eigenvalue weighted by Crippen LogP contribution is 2.26. The molecule has 4 rings (SSSR count). The number of likely N-dealkylation sites (tertiary alicyclic amines) is 1. The van der Waals surface area contributed by atoms with E-state index in [1.807, 2.05) is 29.2 Å². The minimum atomic E-state index is -0.405. The summed E-state index contributed by atoms with van der Waals surface area (Å²) in [6.07, 6.45) is -0.405. The third-order valence-corrected chi connectivity index (χ3v) is 5.63. The molecule has 0 aromatic heterocycles. The van der Waals surface area contributed by atoms with Crippen LogP contribution < -0.4 is 10.6 Å². The first-order valence-corrected chi connectivity index (χ1v) is 9.51. The highest BCUT2D eigenvalue weighted by atomic mass is 16.6. The smallest absolute Gasteiger partial charge is 0.407 e. The van der Waals surface area contributed by atoms with Gasteiger partial charge in [-0.2, -0.15) is 0 Å². The fourth-order valence-electron chi connectivity index (χ4n) is 4.03. The molecule has 0 radical (unpaired) electrons. The maximum atomic E-state index is 12.7. The molecule has 3 saturated heterocycles. The van der Waals surface area contributed by atoms with Crippen molar-refractivity contribution in [2.75, 3.05) is 52.9 Å². The van der Waals surface area contributed by atoms with Gasteiger partial charge in [-0.05, 0) is 11.6 Å². The average Bonchev–Trinajstić information content (AvgIpc) is 3.09. The van der Waals surface area contributed by atoms with Crippen LogP contribution in [0.4, 0.5) is 9.59 Å². The Hall–Kier alpha value is -2.81. The van der Waals surface area contributed by atoms with Gasteiger partial charge in [-0.3, -0.25) is 9.69 Å². The third-order valence-electron chi connectivity index (χ3n) is 5.63. The molecule has 0 atom stereocenters. The van der Waals surface area contributed by atoms with Crippen LogP contribution >= 0.6 is 0 Å². The number of carbonyl (C=O) groups excluding carboxylic acids is 3. The second-order valence-electron chi connectivity index (χ2n) is 7.62. The molecule has 0 bridgehead atoms. The summed E-state index contributed by atoms with van der Waals surface area (Å²) in [5.74, 6) is -0.0842. The molecule has 1 aromatic carbocycles. The summed E-state index contributed by atoms with van der Waals surface area (Å²) in [5, 5.41) is 5.47. The first kappa shape index (κ1) is 18.5.